The number of esters is 1. The number of Topliss-reactive ketones (excluding diaryl/α,β-unsaturated/α-hetero) is 2. The van der Waals surface area contributed by atoms with Crippen molar-refractivity contribution >= 4 is 17.5 Å². The minimum Gasteiger partial charge on any atom is -0.469 e. The van der Waals surface area contributed by atoms with E-state index in [-0.39, 0.29) is 57.1 Å². The van der Waals surface area contributed by atoms with Gasteiger partial charge in [0.05, 0.1) is 18.1 Å². The summed E-state index contributed by atoms with van der Waals surface area (Å²) in [5, 5.41) is 9.97. The zero-order valence-corrected chi connectivity index (χ0v) is 28.5. The smallest absolute Gasteiger partial charge is 0.311 e. The molecule has 2 aliphatic carbocycles. The fraction of sp³-hybridized carbons (Fsp3) is 0.833. The first-order valence-corrected chi connectivity index (χ1v) is 15.9. The quantitative estimate of drug-likeness (QED) is 0.219. The number of rotatable bonds is 12. The summed E-state index contributed by atoms with van der Waals surface area (Å²) in [7, 11) is 1.49. The van der Waals surface area contributed by atoms with E-state index in [9.17, 15) is 19.6 Å². The maximum Gasteiger partial charge on any atom is 0.311 e. The van der Waals surface area contributed by atoms with Crippen LogP contribution < -0.4 is 0 Å². The van der Waals surface area contributed by atoms with Crippen molar-refractivity contribution in [3.8, 4) is 6.07 Å². The summed E-state index contributed by atoms with van der Waals surface area (Å²) in [4.78, 5) is 39.5. The monoisotopic (exact) mass is 569 g/mol. The van der Waals surface area contributed by atoms with E-state index in [1.165, 1.54) is 7.11 Å². The maximum atomic E-state index is 13.3. The molecule has 1 fully saturated rings. The maximum absolute atomic E-state index is 13.3. The lowest BCUT2D eigenvalue weighted by atomic mass is 9.38. The molecule has 6 atom stereocenters. The summed E-state index contributed by atoms with van der Waals surface area (Å²) in [5.41, 5.74) is -1.83. The van der Waals surface area contributed by atoms with Crippen molar-refractivity contribution in [2.75, 3.05) is 7.11 Å². The van der Waals surface area contributed by atoms with Gasteiger partial charge in [0.15, 0.2) is 5.78 Å². The van der Waals surface area contributed by atoms with Gasteiger partial charge in [-0.05, 0) is 91.8 Å². The van der Waals surface area contributed by atoms with Crippen LogP contribution in [0, 0.1) is 61.6 Å². The molecule has 2 aliphatic rings. The van der Waals surface area contributed by atoms with Crippen molar-refractivity contribution in [3.63, 3.8) is 0 Å². The van der Waals surface area contributed by atoms with Gasteiger partial charge in [-0.3, -0.25) is 9.59 Å². The second-order valence-corrected chi connectivity index (χ2v) is 16.2. The van der Waals surface area contributed by atoms with Crippen LogP contribution in [0.15, 0.2) is 11.6 Å². The Morgan fingerprint density at radius 2 is 1.63 bits per heavy atom. The van der Waals surface area contributed by atoms with Gasteiger partial charge >= 0.3 is 5.97 Å². The topological polar surface area (TPSA) is 84.2 Å². The molecule has 5 nitrogen and oxygen atoms in total. The van der Waals surface area contributed by atoms with E-state index in [0.29, 0.717) is 12.8 Å². The van der Waals surface area contributed by atoms with Crippen LogP contribution in [0.5, 0.6) is 0 Å². The van der Waals surface area contributed by atoms with E-state index >= 15 is 0 Å². The van der Waals surface area contributed by atoms with Crippen molar-refractivity contribution in [2.45, 2.75) is 134 Å². The van der Waals surface area contributed by atoms with Crippen molar-refractivity contribution in [3.05, 3.63) is 11.6 Å². The third-order valence-corrected chi connectivity index (χ3v) is 12.8. The number of nitriles is 1. The van der Waals surface area contributed by atoms with Crippen LogP contribution in [-0.4, -0.2) is 24.6 Å². The highest BCUT2D eigenvalue weighted by molar-refractivity contribution is 6.04. The van der Waals surface area contributed by atoms with E-state index < -0.39 is 16.2 Å². The number of allylic oxidation sites excluding steroid dienone is 2. The summed E-state index contributed by atoms with van der Waals surface area (Å²) in [6.45, 7) is 25.9. The molecule has 0 N–H and O–H groups in total. The number of carbonyl (C=O) groups is 3. The SMILES string of the molecule is CCC(C)(C)CC[C@@](C)(CC[C@](C)(C(C)C)[C@]1(C)CC[C@H]2C(C)(C)C(=O)C(C#N)=C[C@]2(C)[C@H]1CC(C)=O)C(=O)OC. The molecule has 0 aromatic rings. The number of fused-ring (bicyclic) bond motifs is 1. The Bertz CT molecular complexity index is 1090. The van der Waals surface area contributed by atoms with Crippen LogP contribution in [0.25, 0.3) is 0 Å². The molecule has 0 spiro atoms. The second-order valence-electron chi connectivity index (χ2n) is 16.2. The van der Waals surface area contributed by atoms with E-state index in [2.05, 4.69) is 68.4 Å². The molecule has 41 heavy (non-hydrogen) atoms. The Labute approximate surface area is 251 Å². The zero-order chi connectivity index (χ0) is 31.8. The first kappa shape index (κ1) is 35.2. The largest absolute Gasteiger partial charge is 0.469 e. The van der Waals surface area contributed by atoms with E-state index in [4.69, 9.17) is 4.74 Å². The molecule has 0 saturated heterocycles. The Morgan fingerprint density at radius 1 is 1.07 bits per heavy atom. The third-order valence-electron chi connectivity index (χ3n) is 12.8. The van der Waals surface area contributed by atoms with Gasteiger partial charge in [0.1, 0.15) is 11.9 Å². The highest BCUT2D eigenvalue weighted by Crippen LogP contribution is 2.69. The van der Waals surface area contributed by atoms with Gasteiger partial charge in [0.25, 0.3) is 0 Å². The van der Waals surface area contributed by atoms with Crippen molar-refractivity contribution in [1.29, 1.82) is 5.26 Å². The molecular formula is C36H59NO4. The highest BCUT2D eigenvalue weighted by atomic mass is 16.5. The van der Waals surface area contributed by atoms with E-state index in [0.717, 1.165) is 38.5 Å². The molecule has 0 amide bonds. The molecule has 5 heteroatoms. The summed E-state index contributed by atoms with van der Waals surface area (Å²) in [5.74, 6) is 0.197. The van der Waals surface area contributed by atoms with Crippen LogP contribution in [0.1, 0.15) is 134 Å². The van der Waals surface area contributed by atoms with Gasteiger partial charge in [-0.15, -0.1) is 0 Å². The van der Waals surface area contributed by atoms with Crippen molar-refractivity contribution in [2.24, 2.45) is 50.2 Å². The standard InChI is InChI=1S/C36H59NO4/c1-14-31(5,6)17-18-33(9,30(40)41-13)19-20-35(11,24(2)3)36(12)16-15-27-32(7,8)29(39)26(23-37)22-34(27,10)28(36)21-25(4)38/h22,24,27-28H,14-21H2,1-13H3/t27-,28+,33-,34-,35+,36+/m0/s1. The lowest BCUT2D eigenvalue weighted by Gasteiger charge is -2.65. The molecule has 0 aromatic carbocycles. The molecule has 0 radical (unpaired) electrons. The molecule has 0 unspecified atom stereocenters. The van der Waals surface area contributed by atoms with Crippen molar-refractivity contribution in [1.82, 2.24) is 0 Å². The number of carbonyl (C=O) groups excluding carboxylic acids is 3. The number of methoxy groups -OCH3 is 1. The number of ketones is 2. The van der Waals surface area contributed by atoms with Crippen molar-refractivity contribution < 1.29 is 19.1 Å². The summed E-state index contributed by atoms with van der Waals surface area (Å²) < 4.78 is 5.37. The average Bonchev–Trinajstić information content (AvgIpc) is 2.89. The Kier molecular flexibility index (Phi) is 10.3. The molecular weight excluding hydrogens is 510 g/mol. The van der Waals surface area contributed by atoms with Crippen LogP contribution in [0.4, 0.5) is 0 Å². The van der Waals surface area contributed by atoms with Gasteiger partial charge in [-0.1, -0.05) is 81.7 Å². The molecule has 0 aliphatic heterocycles. The third kappa shape index (κ3) is 6.23. The van der Waals surface area contributed by atoms with Crippen LogP contribution in [0.3, 0.4) is 0 Å². The Morgan fingerprint density at radius 3 is 2.10 bits per heavy atom. The lowest BCUT2D eigenvalue weighted by molar-refractivity contribution is -0.168. The molecule has 2 rings (SSSR count). The Hall–Kier alpha value is -1.96. The summed E-state index contributed by atoms with van der Waals surface area (Å²) in [6.07, 6.45) is 8.39. The van der Waals surface area contributed by atoms with E-state index in [1.54, 1.807) is 6.92 Å². The van der Waals surface area contributed by atoms with Crippen LogP contribution >= 0.6 is 0 Å². The predicted molar refractivity (Wildman–Crippen MR) is 166 cm³/mol. The van der Waals surface area contributed by atoms with Gasteiger partial charge in [-0.25, -0.2) is 0 Å². The summed E-state index contributed by atoms with van der Waals surface area (Å²) in [6, 6.07) is 2.20. The first-order valence-electron chi connectivity index (χ1n) is 15.9. The number of hydrogen-bond donors (Lipinski definition) is 0. The fourth-order valence-corrected chi connectivity index (χ4v) is 8.72. The Balaban J connectivity index is 2.66. The molecule has 0 heterocycles. The highest BCUT2D eigenvalue weighted by Gasteiger charge is 2.64. The summed E-state index contributed by atoms with van der Waals surface area (Å²) >= 11 is 0. The number of ether oxygens (including phenoxy) is 1. The predicted octanol–water partition coefficient (Wildman–Crippen LogP) is 8.90. The van der Waals surface area contributed by atoms with Gasteiger partial charge in [-0.2, -0.15) is 5.26 Å². The number of hydrogen-bond acceptors (Lipinski definition) is 5. The normalized spacial score (nSPS) is 30.9. The first-order chi connectivity index (χ1) is 18.6. The fourth-order valence-electron chi connectivity index (χ4n) is 8.72. The lowest BCUT2D eigenvalue weighted by Crippen LogP contribution is -2.61. The second kappa shape index (κ2) is 12.0. The van der Waals surface area contributed by atoms with Gasteiger partial charge in [0, 0.05) is 11.8 Å². The molecule has 0 bridgehead atoms. The average molecular weight is 570 g/mol. The number of nitrogens with zero attached hydrogens (tertiary/aromatic N) is 1. The van der Waals surface area contributed by atoms with Crippen LogP contribution in [-0.2, 0) is 19.1 Å². The zero-order valence-electron chi connectivity index (χ0n) is 28.5. The molecule has 1 saturated carbocycles. The minimum atomic E-state index is -0.672. The van der Waals surface area contributed by atoms with Gasteiger partial charge in [0.2, 0.25) is 0 Å². The van der Waals surface area contributed by atoms with Crippen LogP contribution in [0.2, 0.25) is 0 Å². The van der Waals surface area contributed by atoms with E-state index in [1.807, 2.05) is 19.9 Å². The minimum absolute atomic E-state index is 0.0437. The molecule has 0 aromatic heterocycles. The van der Waals surface area contributed by atoms with Gasteiger partial charge < -0.3 is 9.53 Å². The molecule has 232 valence electrons.